The summed E-state index contributed by atoms with van der Waals surface area (Å²) in [5.74, 6) is -0.449. The highest BCUT2D eigenvalue weighted by Crippen LogP contribution is 2.43. The average Bonchev–Trinajstić information content (AvgIpc) is 3.16. The van der Waals surface area contributed by atoms with Gasteiger partial charge in [0.15, 0.2) is 0 Å². The highest BCUT2D eigenvalue weighted by atomic mass is 32.1. The Morgan fingerprint density at radius 2 is 1.94 bits per heavy atom. The molecule has 0 fully saturated rings. The summed E-state index contributed by atoms with van der Waals surface area (Å²) in [5.41, 5.74) is 1.96. The van der Waals surface area contributed by atoms with Gasteiger partial charge in [0.1, 0.15) is 5.01 Å². The second-order valence-corrected chi connectivity index (χ2v) is 8.37. The van der Waals surface area contributed by atoms with Crippen molar-refractivity contribution in [1.82, 2.24) is 4.98 Å². The quantitative estimate of drug-likeness (QED) is 0.584. The Balaban J connectivity index is 1.81. The van der Waals surface area contributed by atoms with Gasteiger partial charge < -0.3 is 15.3 Å². The zero-order valence-corrected chi connectivity index (χ0v) is 18.0. The lowest BCUT2D eigenvalue weighted by molar-refractivity contribution is -0.137. The second kappa shape index (κ2) is 8.36. The number of nitrogens with one attached hydrogen (secondary N) is 1. The van der Waals surface area contributed by atoms with Crippen LogP contribution in [0.4, 0.5) is 30.2 Å². The third-order valence-electron chi connectivity index (χ3n) is 4.94. The molecule has 0 saturated heterocycles. The van der Waals surface area contributed by atoms with Gasteiger partial charge in [0.25, 0.3) is 0 Å². The van der Waals surface area contributed by atoms with Crippen LogP contribution in [0.5, 0.6) is 0 Å². The summed E-state index contributed by atoms with van der Waals surface area (Å²) in [4.78, 5) is 22.8. The predicted molar refractivity (Wildman–Crippen MR) is 119 cm³/mol. The highest BCUT2D eigenvalue weighted by molar-refractivity contribution is 7.09. The SMILES string of the molecule is CN(C)c1cc2c(cc1C(F)(F)F)NC(=O)CC(c1cccc(-c3csc(CO)n3)c1)=N2. The summed E-state index contributed by atoms with van der Waals surface area (Å²) in [6.07, 6.45) is -4.66. The minimum Gasteiger partial charge on any atom is -0.389 e. The standard InChI is InChI=1S/C22H19F3N4O2S/c1-29(2)19-8-17-16(7-14(19)22(23,24)25)27-20(31)9-15(26-17)12-4-3-5-13(6-12)18-11-32-21(10-30)28-18/h3-8,11,30H,9-10H2,1-2H3,(H,27,31). The van der Waals surface area contributed by atoms with Crippen LogP contribution in [-0.2, 0) is 17.6 Å². The molecule has 1 amide bonds. The molecule has 0 spiro atoms. The Kier molecular flexibility index (Phi) is 5.74. The third-order valence-corrected chi connectivity index (χ3v) is 5.77. The number of benzene rings is 2. The second-order valence-electron chi connectivity index (χ2n) is 7.43. The number of halogens is 3. The fourth-order valence-electron chi connectivity index (χ4n) is 3.44. The zero-order valence-electron chi connectivity index (χ0n) is 17.2. The van der Waals surface area contributed by atoms with Crippen LogP contribution in [0.3, 0.4) is 0 Å². The number of rotatable bonds is 4. The van der Waals surface area contributed by atoms with Gasteiger partial charge in [0.05, 0.1) is 47.1 Å². The number of aromatic nitrogens is 1. The Morgan fingerprint density at radius 3 is 2.59 bits per heavy atom. The molecule has 2 N–H and O–H groups in total. The van der Waals surface area contributed by atoms with E-state index in [0.29, 0.717) is 22.0 Å². The van der Waals surface area contributed by atoms with Crippen molar-refractivity contribution in [1.29, 1.82) is 0 Å². The summed E-state index contributed by atoms with van der Waals surface area (Å²) in [6, 6.07) is 9.53. The molecule has 1 aromatic heterocycles. The largest absolute Gasteiger partial charge is 0.418 e. The number of aliphatic hydroxyl groups excluding tert-OH is 1. The molecular weight excluding hydrogens is 441 g/mol. The van der Waals surface area contributed by atoms with Crippen LogP contribution in [-0.4, -0.2) is 35.8 Å². The summed E-state index contributed by atoms with van der Waals surface area (Å²) in [5, 5.41) is 14.2. The van der Waals surface area contributed by atoms with E-state index in [4.69, 9.17) is 0 Å². The fraction of sp³-hybridized carbons (Fsp3) is 0.227. The Hall–Kier alpha value is -3.24. The van der Waals surface area contributed by atoms with Gasteiger partial charge in [-0.25, -0.2) is 4.98 Å². The molecule has 3 aromatic rings. The van der Waals surface area contributed by atoms with Crippen LogP contribution in [0.25, 0.3) is 11.3 Å². The number of anilines is 2. The van der Waals surface area contributed by atoms with E-state index in [1.165, 1.54) is 36.4 Å². The Morgan fingerprint density at radius 1 is 1.19 bits per heavy atom. The molecule has 32 heavy (non-hydrogen) atoms. The molecule has 1 aliphatic rings. The molecule has 0 atom stereocenters. The van der Waals surface area contributed by atoms with E-state index in [-0.39, 0.29) is 30.1 Å². The minimum atomic E-state index is -4.58. The maximum Gasteiger partial charge on any atom is 0.418 e. The molecule has 0 aliphatic carbocycles. The lowest BCUT2D eigenvalue weighted by atomic mass is 10.0. The lowest BCUT2D eigenvalue weighted by Gasteiger charge is -2.21. The van der Waals surface area contributed by atoms with Gasteiger partial charge in [-0.1, -0.05) is 18.2 Å². The maximum atomic E-state index is 13.6. The first-order valence-corrected chi connectivity index (χ1v) is 10.5. The molecular formula is C22H19F3N4O2S. The van der Waals surface area contributed by atoms with Crippen molar-refractivity contribution in [2.75, 3.05) is 24.3 Å². The molecule has 2 heterocycles. The molecule has 2 aromatic carbocycles. The summed E-state index contributed by atoms with van der Waals surface area (Å²) >= 11 is 1.34. The lowest BCUT2D eigenvalue weighted by Crippen LogP contribution is -2.18. The van der Waals surface area contributed by atoms with Crippen LogP contribution >= 0.6 is 11.3 Å². The van der Waals surface area contributed by atoms with Crippen LogP contribution in [0.2, 0.25) is 0 Å². The first-order valence-electron chi connectivity index (χ1n) is 9.61. The molecule has 10 heteroatoms. The highest BCUT2D eigenvalue weighted by Gasteiger charge is 2.36. The topological polar surface area (TPSA) is 77.8 Å². The van der Waals surface area contributed by atoms with Crippen molar-refractivity contribution in [3.8, 4) is 11.3 Å². The van der Waals surface area contributed by atoms with Gasteiger partial charge in [-0.15, -0.1) is 11.3 Å². The Labute approximate surface area is 186 Å². The van der Waals surface area contributed by atoms with E-state index in [1.807, 2.05) is 17.5 Å². The molecule has 166 valence electrons. The number of nitrogens with zero attached hydrogens (tertiary/aromatic N) is 3. The first kappa shape index (κ1) is 22.0. The van der Waals surface area contributed by atoms with Crippen molar-refractivity contribution in [3.05, 3.63) is 57.9 Å². The molecule has 0 radical (unpaired) electrons. The number of hydrogen-bond donors (Lipinski definition) is 2. The van der Waals surface area contributed by atoms with Crippen LogP contribution in [0.1, 0.15) is 22.6 Å². The number of carbonyl (C=O) groups is 1. The number of amides is 1. The molecule has 6 nitrogen and oxygen atoms in total. The van der Waals surface area contributed by atoms with Gasteiger partial charge in [0.2, 0.25) is 5.91 Å². The number of hydrogen-bond acceptors (Lipinski definition) is 6. The van der Waals surface area contributed by atoms with Crippen molar-refractivity contribution in [2.45, 2.75) is 19.2 Å². The third kappa shape index (κ3) is 4.37. The molecule has 0 unspecified atom stereocenters. The Bertz CT molecular complexity index is 1220. The summed E-state index contributed by atoms with van der Waals surface area (Å²) < 4.78 is 40.7. The number of fused-ring (bicyclic) bond motifs is 1. The van der Waals surface area contributed by atoms with E-state index >= 15 is 0 Å². The van der Waals surface area contributed by atoms with E-state index < -0.39 is 17.6 Å². The first-order chi connectivity index (χ1) is 15.2. The minimum absolute atomic E-state index is 0.0196. The van der Waals surface area contributed by atoms with Crippen molar-refractivity contribution >= 4 is 40.0 Å². The van der Waals surface area contributed by atoms with Gasteiger partial charge in [-0.05, 0) is 23.8 Å². The maximum absolute atomic E-state index is 13.6. The van der Waals surface area contributed by atoms with Gasteiger partial charge in [0, 0.05) is 25.0 Å². The van der Waals surface area contributed by atoms with Crippen molar-refractivity contribution in [3.63, 3.8) is 0 Å². The van der Waals surface area contributed by atoms with Crippen molar-refractivity contribution < 1.29 is 23.1 Å². The molecule has 4 rings (SSSR count). The summed E-state index contributed by atoms with van der Waals surface area (Å²) in [7, 11) is 3.05. The zero-order chi connectivity index (χ0) is 23.0. The summed E-state index contributed by atoms with van der Waals surface area (Å²) in [6.45, 7) is -0.151. The molecule has 0 bridgehead atoms. The average molecular weight is 460 g/mol. The molecule has 1 aliphatic heterocycles. The monoisotopic (exact) mass is 460 g/mol. The number of carbonyl (C=O) groups excluding carboxylic acids is 1. The van der Waals surface area contributed by atoms with Crippen LogP contribution in [0.15, 0.2) is 46.8 Å². The van der Waals surface area contributed by atoms with Gasteiger partial charge >= 0.3 is 6.18 Å². The van der Waals surface area contributed by atoms with E-state index in [1.54, 1.807) is 12.1 Å². The number of aliphatic imine (C=N–C) groups is 1. The smallest absolute Gasteiger partial charge is 0.389 e. The van der Waals surface area contributed by atoms with Gasteiger partial charge in [-0.3, -0.25) is 9.79 Å². The van der Waals surface area contributed by atoms with E-state index in [0.717, 1.165) is 11.6 Å². The van der Waals surface area contributed by atoms with Crippen molar-refractivity contribution in [2.24, 2.45) is 4.99 Å². The van der Waals surface area contributed by atoms with E-state index in [9.17, 15) is 23.1 Å². The number of thiazole rings is 1. The normalized spacial score (nSPS) is 13.8. The van der Waals surface area contributed by atoms with E-state index in [2.05, 4.69) is 15.3 Å². The number of aliphatic hydroxyl groups is 1. The molecule has 0 saturated carbocycles. The van der Waals surface area contributed by atoms with Crippen LogP contribution < -0.4 is 10.2 Å². The van der Waals surface area contributed by atoms with Gasteiger partial charge in [-0.2, -0.15) is 13.2 Å². The fourth-order valence-corrected chi connectivity index (χ4v) is 4.10. The van der Waals surface area contributed by atoms with Crippen LogP contribution in [0, 0.1) is 0 Å². The predicted octanol–water partition coefficient (Wildman–Crippen LogP) is 4.85. The number of alkyl halides is 3.